The number of H-pyrrole nitrogens is 1. The summed E-state index contributed by atoms with van der Waals surface area (Å²) >= 11 is 3.25. The zero-order chi connectivity index (χ0) is 13.9. The number of hydrogen-bond donors (Lipinski definition) is 3. The second-order valence-electron chi connectivity index (χ2n) is 3.90. The summed E-state index contributed by atoms with van der Waals surface area (Å²) in [5.41, 5.74) is 7.13. The molecule has 19 heavy (non-hydrogen) atoms. The van der Waals surface area contributed by atoms with Crippen LogP contribution < -0.4 is 10.5 Å². The van der Waals surface area contributed by atoms with Crippen molar-refractivity contribution in [3.05, 3.63) is 46.2 Å². The third-order valence-electron chi connectivity index (χ3n) is 2.54. The second kappa shape index (κ2) is 5.83. The maximum atomic E-state index is 12.1. The van der Waals surface area contributed by atoms with E-state index in [1.54, 1.807) is 24.5 Å². The van der Waals surface area contributed by atoms with Crippen LogP contribution in [-0.2, 0) is 23.1 Å². The van der Waals surface area contributed by atoms with Crippen molar-refractivity contribution in [3.8, 4) is 0 Å². The number of hydrogen-bond acceptors (Lipinski definition) is 4. The number of nitrogens with zero attached hydrogens (tertiary/aromatic N) is 1. The van der Waals surface area contributed by atoms with Crippen molar-refractivity contribution in [3.63, 3.8) is 0 Å². The van der Waals surface area contributed by atoms with Crippen LogP contribution in [-0.4, -0.2) is 18.6 Å². The molecule has 0 fully saturated rings. The highest BCUT2D eigenvalue weighted by Gasteiger charge is 2.17. The zero-order valence-corrected chi connectivity index (χ0v) is 12.3. The molecule has 0 aliphatic heterocycles. The molecule has 2 aromatic rings. The van der Waals surface area contributed by atoms with Crippen molar-refractivity contribution < 1.29 is 8.42 Å². The van der Waals surface area contributed by atoms with Crippen LogP contribution in [0.4, 0.5) is 0 Å². The number of halogens is 1. The van der Waals surface area contributed by atoms with Crippen LogP contribution in [0, 0.1) is 0 Å². The van der Waals surface area contributed by atoms with E-state index in [0.29, 0.717) is 11.0 Å². The molecule has 1 aromatic heterocycles. The van der Waals surface area contributed by atoms with E-state index in [1.165, 1.54) is 6.07 Å². The van der Waals surface area contributed by atoms with Gasteiger partial charge in [0.2, 0.25) is 10.0 Å². The van der Waals surface area contributed by atoms with E-state index < -0.39 is 10.0 Å². The second-order valence-corrected chi connectivity index (χ2v) is 6.49. The molecule has 0 unspecified atom stereocenters. The molecule has 0 radical (unpaired) electrons. The summed E-state index contributed by atoms with van der Waals surface area (Å²) < 4.78 is 27.3. The van der Waals surface area contributed by atoms with E-state index >= 15 is 0 Å². The van der Waals surface area contributed by atoms with Gasteiger partial charge in [0.15, 0.2) is 0 Å². The van der Waals surface area contributed by atoms with Gasteiger partial charge in [-0.3, -0.25) is 5.10 Å². The third kappa shape index (κ3) is 3.41. The first kappa shape index (κ1) is 14.2. The van der Waals surface area contributed by atoms with Gasteiger partial charge in [0.1, 0.15) is 0 Å². The number of sulfonamides is 1. The first-order chi connectivity index (χ1) is 9.03. The fourth-order valence-corrected chi connectivity index (χ4v) is 3.66. The van der Waals surface area contributed by atoms with E-state index in [0.717, 1.165) is 11.1 Å². The summed E-state index contributed by atoms with van der Waals surface area (Å²) in [6.45, 7) is 0.547. The summed E-state index contributed by atoms with van der Waals surface area (Å²) in [6, 6.07) is 4.92. The molecule has 1 heterocycles. The van der Waals surface area contributed by atoms with Gasteiger partial charge in [0.05, 0.1) is 11.1 Å². The van der Waals surface area contributed by atoms with E-state index in [4.69, 9.17) is 5.73 Å². The highest BCUT2D eigenvalue weighted by molar-refractivity contribution is 9.10. The lowest BCUT2D eigenvalue weighted by atomic mass is 10.2. The average molecular weight is 345 g/mol. The van der Waals surface area contributed by atoms with E-state index in [2.05, 4.69) is 30.8 Å². The Morgan fingerprint density at radius 1 is 1.37 bits per heavy atom. The van der Waals surface area contributed by atoms with Crippen molar-refractivity contribution in [1.29, 1.82) is 0 Å². The Hall–Kier alpha value is -1.22. The van der Waals surface area contributed by atoms with Gasteiger partial charge in [-0.1, -0.05) is 6.07 Å². The molecule has 0 spiro atoms. The van der Waals surface area contributed by atoms with Crippen LogP contribution in [0.2, 0.25) is 0 Å². The predicted molar refractivity (Wildman–Crippen MR) is 74.6 cm³/mol. The van der Waals surface area contributed by atoms with Crippen molar-refractivity contribution in [2.45, 2.75) is 18.0 Å². The molecule has 0 saturated heterocycles. The number of nitrogens with one attached hydrogen (secondary N) is 2. The highest BCUT2D eigenvalue weighted by atomic mass is 79.9. The Balaban J connectivity index is 2.19. The molecule has 0 amide bonds. The summed E-state index contributed by atoms with van der Waals surface area (Å²) in [6.07, 6.45) is 3.20. The minimum absolute atomic E-state index is 0.184. The Morgan fingerprint density at radius 3 is 2.74 bits per heavy atom. The highest BCUT2D eigenvalue weighted by Crippen LogP contribution is 2.23. The maximum absolute atomic E-state index is 12.1. The minimum Gasteiger partial charge on any atom is -0.326 e. The molecule has 4 N–H and O–H groups in total. The van der Waals surface area contributed by atoms with Crippen molar-refractivity contribution in [1.82, 2.24) is 14.9 Å². The molecule has 0 bridgehead atoms. The van der Waals surface area contributed by atoms with Gasteiger partial charge >= 0.3 is 0 Å². The maximum Gasteiger partial charge on any atom is 0.241 e. The van der Waals surface area contributed by atoms with Crippen LogP contribution in [0.25, 0.3) is 0 Å². The van der Waals surface area contributed by atoms with E-state index in [1.807, 2.05) is 0 Å². The number of nitrogens with two attached hydrogens (primary N) is 1. The van der Waals surface area contributed by atoms with Gasteiger partial charge in [0.25, 0.3) is 0 Å². The SMILES string of the molecule is NCc1ccc(S(=O)(=O)NCc2cn[nH]c2)c(Br)c1. The molecule has 6 nitrogen and oxygen atoms in total. The lowest BCUT2D eigenvalue weighted by Gasteiger charge is -2.08. The minimum atomic E-state index is -3.57. The zero-order valence-electron chi connectivity index (χ0n) is 9.93. The van der Waals surface area contributed by atoms with Crippen LogP contribution in [0.5, 0.6) is 0 Å². The number of rotatable bonds is 5. The van der Waals surface area contributed by atoms with Crippen molar-refractivity contribution in [2.24, 2.45) is 5.73 Å². The predicted octanol–water partition coefficient (Wildman–Crippen LogP) is 1.11. The topological polar surface area (TPSA) is 101 Å². The largest absolute Gasteiger partial charge is 0.326 e. The molecule has 0 saturated carbocycles. The monoisotopic (exact) mass is 344 g/mol. The Bertz CT molecular complexity index is 655. The fourth-order valence-electron chi connectivity index (χ4n) is 1.52. The standard InChI is InChI=1S/C11H13BrN4O2S/c12-10-3-8(4-13)1-2-11(10)19(17,18)16-7-9-5-14-15-6-9/h1-3,5-6,16H,4,7,13H2,(H,14,15). The van der Waals surface area contributed by atoms with Crippen molar-refractivity contribution in [2.75, 3.05) is 0 Å². The van der Waals surface area contributed by atoms with Gasteiger partial charge in [-0.2, -0.15) is 5.10 Å². The van der Waals surface area contributed by atoms with Gasteiger partial charge in [-0.15, -0.1) is 0 Å². The number of aromatic amines is 1. The molecule has 8 heteroatoms. The van der Waals surface area contributed by atoms with E-state index in [-0.39, 0.29) is 11.4 Å². The Labute approximate surface area is 119 Å². The van der Waals surface area contributed by atoms with E-state index in [9.17, 15) is 8.42 Å². The normalized spacial score (nSPS) is 11.7. The van der Waals surface area contributed by atoms with Gasteiger partial charge in [-0.05, 0) is 33.6 Å². The Morgan fingerprint density at radius 2 is 2.16 bits per heavy atom. The molecule has 0 atom stereocenters. The van der Waals surface area contributed by atoms with Crippen molar-refractivity contribution >= 4 is 26.0 Å². The Kier molecular flexibility index (Phi) is 4.35. The lowest BCUT2D eigenvalue weighted by Crippen LogP contribution is -2.23. The fraction of sp³-hybridized carbons (Fsp3) is 0.182. The first-order valence-corrected chi connectivity index (χ1v) is 7.76. The number of aromatic nitrogens is 2. The summed E-state index contributed by atoms with van der Waals surface area (Å²) in [7, 11) is -3.57. The third-order valence-corrected chi connectivity index (χ3v) is 4.92. The van der Waals surface area contributed by atoms with Crippen LogP contribution in [0.3, 0.4) is 0 Å². The first-order valence-electron chi connectivity index (χ1n) is 5.49. The molecule has 0 aliphatic rings. The average Bonchev–Trinajstić information content (AvgIpc) is 2.89. The molecule has 2 rings (SSSR count). The number of benzene rings is 1. The quantitative estimate of drug-likeness (QED) is 0.756. The summed E-state index contributed by atoms with van der Waals surface area (Å²) in [4.78, 5) is 0.188. The van der Waals surface area contributed by atoms with Crippen LogP contribution >= 0.6 is 15.9 Å². The molecule has 102 valence electrons. The van der Waals surface area contributed by atoms with Crippen LogP contribution in [0.15, 0.2) is 40.0 Å². The van der Waals surface area contributed by atoms with Gasteiger partial charge in [0, 0.05) is 29.3 Å². The molecule has 0 aliphatic carbocycles. The smallest absolute Gasteiger partial charge is 0.241 e. The van der Waals surface area contributed by atoms with Gasteiger partial charge < -0.3 is 5.73 Å². The molecular formula is C11H13BrN4O2S. The van der Waals surface area contributed by atoms with Gasteiger partial charge in [-0.25, -0.2) is 13.1 Å². The lowest BCUT2D eigenvalue weighted by molar-refractivity contribution is 0.581. The molecule has 1 aromatic carbocycles. The molecular weight excluding hydrogens is 332 g/mol. The summed E-state index contributed by atoms with van der Waals surface area (Å²) in [5, 5.41) is 6.38. The summed E-state index contributed by atoms with van der Waals surface area (Å²) in [5.74, 6) is 0. The van der Waals surface area contributed by atoms with Crippen LogP contribution in [0.1, 0.15) is 11.1 Å².